The highest BCUT2D eigenvalue weighted by molar-refractivity contribution is 6.02. The second-order valence-electron chi connectivity index (χ2n) is 7.60. The second kappa shape index (κ2) is 8.34. The van der Waals surface area contributed by atoms with E-state index >= 15 is 0 Å². The summed E-state index contributed by atoms with van der Waals surface area (Å²) in [6, 6.07) is 6.80. The Bertz CT molecular complexity index is 679. The quantitative estimate of drug-likeness (QED) is 0.837. The fraction of sp³-hybridized carbons (Fsp3) is 0.550. The highest BCUT2D eigenvalue weighted by Gasteiger charge is 2.33. The van der Waals surface area contributed by atoms with Crippen molar-refractivity contribution in [3.63, 3.8) is 0 Å². The lowest BCUT2D eigenvalue weighted by Crippen LogP contribution is -2.47. The number of hydrogen-bond acceptors (Lipinski definition) is 4. The summed E-state index contributed by atoms with van der Waals surface area (Å²) < 4.78 is 5.04. The van der Waals surface area contributed by atoms with Gasteiger partial charge in [0.15, 0.2) is 0 Å². The fourth-order valence-electron chi connectivity index (χ4n) is 3.06. The fourth-order valence-corrected chi connectivity index (χ4v) is 3.06. The number of nitrogens with one attached hydrogen (secondary N) is 1. The van der Waals surface area contributed by atoms with Crippen molar-refractivity contribution in [3.05, 3.63) is 29.8 Å². The van der Waals surface area contributed by atoms with Gasteiger partial charge in [-0.25, -0.2) is 4.79 Å². The van der Waals surface area contributed by atoms with Crippen LogP contribution < -0.4 is 5.32 Å². The van der Waals surface area contributed by atoms with Crippen molar-refractivity contribution < 1.29 is 19.1 Å². The molecular weight excluding hydrogens is 332 g/mol. The van der Waals surface area contributed by atoms with Crippen LogP contribution in [0.1, 0.15) is 50.9 Å². The number of amides is 2. The van der Waals surface area contributed by atoms with Crippen LogP contribution in [0, 0.1) is 11.3 Å². The van der Waals surface area contributed by atoms with E-state index in [1.165, 1.54) is 0 Å². The number of anilines is 1. The van der Waals surface area contributed by atoms with Crippen molar-refractivity contribution >= 4 is 23.5 Å². The molecule has 1 aliphatic heterocycles. The molecule has 1 heterocycles. The minimum Gasteiger partial charge on any atom is -0.462 e. The average Bonchev–Trinajstić information content (AvgIpc) is 2.61. The SMILES string of the molecule is CCOC(=O)c1ccccc1NC(=O)C1CCCN(C(=O)C(C)(C)C)C1. The van der Waals surface area contributed by atoms with Gasteiger partial charge in [-0.2, -0.15) is 0 Å². The van der Waals surface area contributed by atoms with E-state index < -0.39 is 11.4 Å². The van der Waals surface area contributed by atoms with Crippen LogP contribution in [-0.2, 0) is 14.3 Å². The van der Waals surface area contributed by atoms with Crippen LogP contribution in [0.25, 0.3) is 0 Å². The molecule has 2 amide bonds. The molecule has 0 bridgehead atoms. The van der Waals surface area contributed by atoms with Gasteiger partial charge < -0.3 is 15.0 Å². The second-order valence-corrected chi connectivity index (χ2v) is 7.60. The van der Waals surface area contributed by atoms with Crippen LogP contribution in [0.15, 0.2) is 24.3 Å². The molecule has 1 atom stereocenters. The standard InChI is InChI=1S/C20H28N2O4/c1-5-26-18(24)15-10-6-7-11-16(15)21-17(23)14-9-8-12-22(13-14)19(25)20(2,3)4/h6-7,10-11,14H,5,8-9,12-13H2,1-4H3,(H,21,23). The smallest absolute Gasteiger partial charge is 0.340 e. The first kappa shape index (κ1) is 19.9. The number of para-hydroxylation sites is 1. The summed E-state index contributed by atoms with van der Waals surface area (Å²) in [5.41, 5.74) is 0.311. The Hall–Kier alpha value is -2.37. The van der Waals surface area contributed by atoms with Gasteiger partial charge >= 0.3 is 5.97 Å². The predicted molar refractivity (Wildman–Crippen MR) is 99.8 cm³/mol. The maximum absolute atomic E-state index is 12.7. The number of ether oxygens (including phenoxy) is 1. The number of likely N-dealkylation sites (tertiary alicyclic amines) is 1. The Morgan fingerprint density at radius 3 is 2.58 bits per heavy atom. The van der Waals surface area contributed by atoms with Crippen LogP contribution in [0.3, 0.4) is 0 Å². The first-order chi connectivity index (χ1) is 12.2. The van der Waals surface area contributed by atoms with Gasteiger partial charge in [-0.05, 0) is 31.9 Å². The predicted octanol–water partition coefficient (Wildman–Crippen LogP) is 3.09. The van der Waals surface area contributed by atoms with Crippen molar-refractivity contribution in [1.82, 2.24) is 4.90 Å². The van der Waals surface area contributed by atoms with Gasteiger partial charge in [-0.3, -0.25) is 9.59 Å². The van der Waals surface area contributed by atoms with E-state index in [0.717, 1.165) is 12.8 Å². The zero-order chi connectivity index (χ0) is 19.3. The Labute approximate surface area is 154 Å². The van der Waals surface area contributed by atoms with E-state index in [1.54, 1.807) is 36.1 Å². The summed E-state index contributed by atoms with van der Waals surface area (Å²) in [5.74, 6) is -0.864. The Balaban J connectivity index is 2.08. The normalized spacial score (nSPS) is 17.5. The molecule has 26 heavy (non-hydrogen) atoms. The van der Waals surface area contributed by atoms with Gasteiger partial charge in [0.2, 0.25) is 11.8 Å². The molecule has 1 unspecified atom stereocenters. The number of carbonyl (C=O) groups excluding carboxylic acids is 3. The number of esters is 1. The molecule has 6 heteroatoms. The zero-order valence-electron chi connectivity index (χ0n) is 16.0. The minimum atomic E-state index is -0.463. The minimum absolute atomic E-state index is 0.0573. The summed E-state index contributed by atoms with van der Waals surface area (Å²) in [5, 5.41) is 2.84. The van der Waals surface area contributed by atoms with Crippen LogP contribution >= 0.6 is 0 Å². The van der Waals surface area contributed by atoms with E-state index in [2.05, 4.69) is 5.32 Å². The molecule has 2 rings (SSSR count). The van der Waals surface area contributed by atoms with Crippen molar-refractivity contribution in [1.29, 1.82) is 0 Å². The maximum atomic E-state index is 12.7. The van der Waals surface area contributed by atoms with Gasteiger partial charge in [-0.1, -0.05) is 32.9 Å². The monoisotopic (exact) mass is 360 g/mol. The van der Waals surface area contributed by atoms with Gasteiger partial charge in [0.25, 0.3) is 0 Å². The maximum Gasteiger partial charge on any atom is 0.340 e. The average molecular weight is 360 g/mol. The van der Waals surface area contributed by atoms with Crippen molar-refractivity contribution in [3.8, 4) is 0 Å². The third-order valence-corrected chi connectivity index (χ3v) is 4.40. The summed E-state index contributed by atoms with van der Waals surface area (Å²) in [6.07, 6.45) is 1.51. The van der Waals surface area contributed by atoms with Crippen LogP contribution in [-0.4, -0.2) is 42.4 Å². The molecule has 1 N–H and O–H groups in total. The highest BCUT2D eigenvalue weighted by atomic mass is 16.5. The molecule has 0 saturated carbocycles. The van der Waals surface area contributed by atoms with Gasteiger partial charge in [-0.15, -0.1) is 0 Å². The molecule has 1 fully saturated rings. The molecule has 0 radical (unpaired) electrons. The van der Waals surface area contributed by atoms with Crippen LogP contribution in [0.2, 0.25) is 0 Å². The molecule has 1 aromatic carbocycles. The van der Waals surface area contributed by atoms with Crippen LogP contribution in [0.5, 0.6) is 0 Å². The lowest BCUT2D eigenvalue weighted by Gasteiger charge is -2.35. The first-order valence-corrected chi connectivity index (χ1v) is 9.10. The lowest BCUT2D eigenvalue weighted by molar-refractivity contribution is -0.142. The Morgan fingerprint density at radius 2 is 1.92 bits per heavy atom. The molecule has 1 saturated heterocycles. The van der Waals surface area contributed by atoms with Crippen molar-refractivity contribution in [2.45, 2.75) is 40.5 Å². The molecule has 0 aromatic heterocycles. The highest BCUT2D eigenvalue weighted by Crippen LogP contribution is 2.25. The number of benzene rings is 1. The van der Waals surface area contributed by atoms with E-state index in [1.807, 2.05) is 20.8 Å². The molecular formula is C20H28N2O4. The Kier molecular flexibility index (Phi) is 6.40. The van der Waals surface area contributed by atoms with E-state index in [9.17, 15) is 14.4 Å². The molecule has 0 aliphatic carbocycles. The lowest BCUT2D eigenvalue weighted by atomic mass is 9.91. The number of piperidine rings is 1. The third-order valence-electron chi connectivity index (χ3n) is 4.40. The summed E-state index contributed by atoms with van der Waals surface area (Å²) >= 11 is 0. The largest absolute Gasteiger partial charge is 0.462 e. The number of carbonyl (C=O) groups is 3. The topological polar surface area (TPSA) is 75.7 Å². The van der Waals surface area contributed by atoms with E-state index in [4.69, 9.17) is 4.74 Å². The summed E-state index contributed by atoms with van der Waals surface area (Å²) in [7, 11) is 0. The van der Waals surface area contributed by atoms with Crippen molar-refractivity contribution in [2.75, 3.05) is 25.0 Å². The van der Waals surface area contributed by atoms with Gasteiger partial charge in [0, 0.05) is 18.5 Å². The number of rotatable bonds is 4. The first-order valence-electron chi connectivity index (χ1n) is 9.10. The third kappa shape index (κ3) is 4.84. The summed E-state index contributed by atoms with van der Waals surface area (Å²) in [4.78, 5) is 39.0. The Morgan fingerprint density at radius 1 is 1.23 bits per heavy atom. The molecule has 0 spiro atoms. The molecule has 142 valence electrons. The number of nitrogens with zero attached hydrogens (tertiary/aromatic N) is 1. The number of hydrogen-bond donors (Lipinski definition) is 1. The van der Waals surface area contributed by atoms with Crippen molar-refractivity contribution in [2.24, 2.45) is 11.3 Å². The van der Waals surface area contributed by atoms with Gasteiger partial charge in [0.1, 0.15) is 0 Å². The molecule has 6 nitrogen and oxygen atoms in total. The van der Waals surface area contributed by atoms with E-state index in [0.29, 0.717) is 24.3 Å². The summed E-state index contributed by atoms with van der Waals surface area (Å²) in [6.45, 7) is 8.75. The van der Waals surface area contributed by atoms with Gasteiger partial charge in [0.05, 0.1) is 23.8 Å². The molecule has 1 aliphatic rings. The molecule has 1 aromatic rings. The zero-order valence-corrected chi connectivity index (χ0v) is 16.0. The van der Waals surface area contributed by atoms with E-state index in [-0.39, 0.29) is 24.3 Å². The van der Waals surface area contributed by atoms with Crippen LogP contribution in [0.4, 0.5) is 5.69 Å².